The zero-order valence-electron chi connectivity index (χ0n) is 12.3. The van der Waals surface area contributed by atoms with E-state index in [0.717, 1.165) is 15.1 Å². The van der Waals surface area contributed by atoms with Crippen molar-refractivity contribution in [3.63, 3.8) is 0 Å². The van der Waals surface area contributed by atoms with Gasteiger partial charge in [0.2, 0.25) is 5.91 Å². The van der Waals surface area contributed by atoms with Crippen LogP contribution in [0, 0.1) is 0 Å². The molecule has 5 nitrogen and oxygen atoms in total. The number of carbonyl (C=O) groups excluding carboxylic acids is 2. The van der Waals surface area contributed by atoms with Gasteiger partial charge in [0.1, 0.15) is 0 Å². The first kappa shape index (κ1) is 16.8. The van der Waals surface area contributed by atoms with Crippen molar-refractivity contribution in [2.24, 2.45) is 0 Å². The van der Waals surface area contributed by atoms with Crippen LogP contribution in [0.4, 0.5) is 0 Å². The summed E-state index contributed by atoms with van der Waals surface area (Å²) >= 11 is 8.62. The van der Waals surface area contributed by atoms with Gasteiger partial charge >= 0.3 is 0 Å². The highest BCUT2D eigenvalue weighted by molar-refractivity contribution is 8.00. The van der Waals surface area contributed by atoms with Crippen LogP contribution in [0.25, 0.3) is 10.2 Å². The van der Waals surface area contributed by atoms with Gasteiger partial charge in [0.15, 0.2) is 0 Å². The number of hydrazine groups is 1. The van der Waals surface area contributed by atoms with E-state index in [1.807, 2.05) is 12.1 Å². The number of thiazole rings is 1. The number of aromatic nitrogens is 1. The van der Waals surface area contributed by atoms with Gasteiger partial charge in [0.25, 0.3) is 5.91 Å². The van der Waals surface area contributed by atoms with E-state index in [1.165, 1.54) is 23.1 Å². The predicted molar refractivity (Wildman–Crippen MR) is 97.4 cm³/mol. The Balaban J connectivity index is 1.49. The van der Waals surface area contributed by atoms with E-state index in [1.54, 1.807) is 35.8 Å². The van der Waals surface area contributed by atoms with Crippen molar-refractivity contribution in [1.29, 1.82) is 0 Å². The van der Waals surface area contributed by atoms with Crippen LogP contribution in [-0.4, -0.2) is 22.6 Å². The van der Waals surface area contributed by atoms with Gasteiger partial charge in [0, 0.05) is 15.5 Å². The van der Waals surface area contributed by atoms with E-state index in [-0.39, 0.29) is 17.6 Å². The minimum atomic E-state index is -0.366. The molecule has 1 aromatic heterocycles. The third-order valence-electron chi connectivity index (χ3n) is 3.09. The number of hydrogen-bond acceptors (Lipinski definition) is 5. The molecule has 0 saturated carbocycles. The molecule has 2 amide bonds. The number of halogens is 1. The molecule has 0 bridgehead atoms. The molecule has 0 fully saturated rings. The SMILES string of the molecule is O=C(CSc1ccc(Cl)cc1)NNC(=O)c1ccc2ncsc2c1. The Labute approximate surface area is 151 Å². The Morgan fingerprint density at radius 3 is 2.71 bits per heavy atom. The van der Waals surface area contributed by atoms with E-state index in [9.17, 15) is 9.59 Å². The zero-order chi connectivity index (χ0) is 16.9. The van der Waals surface area contributed by atoms with Crippen molar-refractivity contribution in [1.82, 2.24) is 15.8 Å². The molecule has 24 heavy (non-hydrogen) atoms. The summed E-state index contributed by atoms with van der Waals surface area (Å²) in [6.07, 6.45) is 0. The molecule has 1 heterocycles. The molecule has 0 saturated heterocycles. The lowest BCUT2D eigenvalue weighted by atomic mass is 10.2. The Morgan fingerprint density at radius 2 is 1.92 bits per heavy atom. The first-order valence-corrected chi connectivity index (χ1v) is 9.17. The molecule has 3 aromatic rings. The monoisotopic (exact) mass is 377 g/mol. The molecule has 2 aromatic carbocycles. The summed E-state index contributed by atoms with van der Waals surface area (Å²) in [6.45, 7) is 0. The lowest BCUT2D eigenvalue weighted by molar-refractivity contribution is -0.119. The minimum Gasteiger partial charge on any atom is -0.272 e. The number of rotatable bonds is 4. The molecule has 2 N–H and O–H groups in total. The van der Waals surface area contributed by atoms with E-state index < -0.39 is 0 Å². The number of benzene rings is 2. The second-order valence-corrected chi connectivity index (χ2v) is 7.15. The number of thioether (sulfide) groups is 1. The Hall–Kier alpha value is -2.09. The maximum Gasteiger partial charge on any atom is 0.269 e. The molecule has 0 aliphatic carbocycles. The van der Waals surface area contributed by atoms with Gasteiger partial charge in [-0.2, -0.15) is 0 Å². The summed E-state index contributed by atoms with van der Waals surface area (Å²) in [5, 5.41) is 0.647. The maximum atomic E-state index is 12.1. The lowest BCUT2D eigenvalue weighted by Crippen LogP contribution is -2.42. The van der Waals surface area contributed by atoms with Crippen molar-refractivity contribution in [3.05, 3.63) is 58.6 Å². The summed E-state index contributed by atoms with van der Waals surface area (Å²) in [7, 11) is 0. The molecule has 0 aliphatic rings. The quantitative estimate of drug-likeness (QED) is 0.539. The van der Waals surface area contributed by atoms with Gasteiger partial charge in [-0.1, -0.05) is 11.6 Å². The third kappa shape index (κ3) is 4.25. The fraction of sp³-hybridized carbons (Fsp3) is 0.0625. The molecule has 0 radical (unpaired) electrons. The van der Waals surface area contributed by atoms with Gasteiger partial charge in [-0.15, -0.1) is 23.1 Å². The highest BCUT2D eigenvalue weighted by atomic mass is 35.5. The van der Waals surface area contributed by atoms with Crippen LogP contribution < -0.4 is 10.9 Å². The molecule has 0 atom stereocenters. The second kappa shape index (κ2) is 7.65. The van der Waals surface area contributed by atoms with E-state index in [2.05, 4.69) is 15.8 Å². The predicted octanol–water partition coefficient (Wildman–Crippen LogP) is 3.50. The van der Waals surface area contributed by atoms with E-state index in [0.29, 0.717) is 10.6 Å². The summed E-state index contributed by atoms with van der Waals surface area (Å²) in [6, 6.07) is 12.4. The molecular formula is C16H12ClN3O2S2. The fourth-order valence-corrected chi connectivity index (χ4v) is 3.45. The summed E-state index contributed by atoms with van der Waals surface area (Å²) in [4.78, 5) is 29.0. The Morgan fingerprint density at radius 1 is 1.12 bits per heavy atom. The number of amides is 2. The van der Waals surface area contributed by atoms with Gasteiger partial charge in [-0.05, 0) is 42.5 Å². The summed E-state index contributed by atoms with van der Waals surface area (Å²) < 4.78 is 0.923. The van der Waals surface area contributed by atoms with Crippen LogP contribution >= 0.6 is 34.7 Å². The number of carbonyl (C=O) groups is 2. The van der Waals surface area contributed by atoms with Crippen LogP contribution in [0.5, 0.6) is 0 Å². The Bertz CT molecular complexity index is 880. The van der Waals surface area contributed by atoms with Gasteiger partial charge in [-0.3, -0.25) is 20.4 Å². The number of fused-ring (bicyclic) bond motifs is 1. The second-order valence-electron chi connectivity index (χ2n) is 4.78. The van der Waals surface area contributed by atoms with Gasteiger partial charge < -0.3 is 0 Å². The number of nitrogens with one attached hydrogen (secondary N) is 2. The molecule has 8 heteroatoms. The smallest absolute Gasteiger partial charge is 0.269 e. The van der Waals surface area contributed by atoms with Crippen molar-refractivity contribution in [2.45, 2.75) is 4.90 Å². The standard InChI is InChI=1S/C16H12ClN3O2S2/c17-11-2-4-12(5-3-11)23-8-15(21)19-20-16(22)10-1-6-13-14(7-10)24-9-18-13/h1-7,9H,8H2,(H,19,21)(H,20,22). The highest BCUT2D eigenvalue weighted by Gasteiger charge is 2.09. The highest BCUT2D eigenvalue weighted by Crippen LogP contribution is 2.20. The van der Waals surface area contributed by atoms with Crippen LogP contribution in [0.15, 0.2) is 52.9 Å². The van der Waals surface area contributed by atoms with E-state index in [4.69, 9.17) is 11.6 Å². The lowest BCUT2D eigenvalue weighted by Gasteiger charge is -2.07. The number of nitrogens with zero attached hydrogens (tertiary/aromatic N) is 1. The number of hydrogen-bond donors (Lipinski definition) is 2. The van der Waals surface area contributed by atoms with E-state index >= 15 is 0 Å². The summed E-state index contributed by atoms with van der Waals surface area (Å²) in [5.74, 6) is -0.465. The van der Waals surface area contributed by atoms with Crippen LogP contribution in [0.1, 0.15) is 10.4 Å². The van der Waals surface area contributed by atoms with Crippen LogP contribution in [0.3, 0.4) is 0 Å². The first-order chi connectivity index (χ1) is 11.6. The van der Waals surface area contributed by atoms with Crippen LogP contribution in [-0.2, 0) is 4.79 Å². The molecular weight excluding hydrogens is 366 g/mol. The van der Waals surface area contributed by atoms with Crippen molar-refractivity contribution in [2.75, 3.05) is 5.75 Å². The normalized spacial score (nSPS) is 10.5. The molecule has 0 spiro atoms. The van der Waals surface area contributed by atoms with Crippen molar-refractivity contribution >= 4 is 56.7 Å². The van der Waals surface area contributed by atoms with Gasteiger partial charge in [-0.25, -0.2) is 4.98 Å². The zero-order valence-corrected chi connectivity index (χ0v) is 14.7. The Kier molecular flexibility index (Phi) is 5.34. The fourth-order valence-electron chi connectivity index (χ4n) is 1.91. The maximum absolute atomic E-state index is 12.1. The third-order valence-corrected chi connectivity index (χ3v) is 5.15. The molecule has 0 aliphatic heterocycles. The largest absolute Gasteiger partial charge is 0.272 e. The van der Waals surface area contributed by atoms with Crippen molar-refractivity contribution in [3.8, 4) is 0 Å². The first-order valence-electron chi connectivity index (χ1n) is 6.92. The van der Waals surface area contributed by atoms with Gasteiger partial charge in [0.05, 0.1) is 21.5 Å². The summed E-state index contributed by atoms with van der Waals surface area (Å²) in [5.41, 5.74) is 7.86. The molecule has 122 valence electrons. The average molecular weight is 378 g/mol. The molecule has 3 rings (SSSR count). The van der Waals surface area contributed by atoms with Crippen molar-refractivity contribution < 1.29 is 9.59 Å². The minimum absolute atomic E-state index is 0.190. The molecule has 0 unspecified atom stereocenters. The average Bonchev–Trinajstić information content (AvgIpc) is 3.06. The topological polar surface area (TPSA) is 71.1 Å². The van der Waals surface area contributed by atoms with Crippen LogP contribution in [0.2, 0.25) is 5.02 Å².